The summed E-state index contributed by atoms with van der Waals surface area (Å²) < 4.78 is 89.8. The van der Waals surface area contributed by atoms with Gasteiger partial charge in [0.15, 0.2) is 0 Å². The highest BCUT2D eigenvalue weighted by atomic mass is 19.4. The Balaban J connectivity index is 1.87. The Morgan fingerprint density at radius 3 is 1.69 bits per heavy atom. The Morgan fingerprint density at radius 2 is 1.31 bits per heavy atom. The minimum Gasteiger partial charge on any atom is -0.403 e. The number of alkyl halides is 6. The van der Waals surface area contributed by atoms with E-state index >= 15 is 0 Å². The van der Waals surface area contributed by atoms with Gasteiger partial charge in [0, 0.05) is 5.82 Å². The second-order valence-corrected chi connectivity index (χ2v) is 7.92. The summed E-state index contributed by atoms with van der Waals surface area (Å²) in [5.41, 5.74) is -2.24. The van der Waals surface area contributed by atoms with Gasteiger partial charge in [-0.15, -0.1) is 0 Å². The molecule has 2 nitrogen and oxygen atoms in total. The lowest BCUT2D eigenvalue weighted by molar-refractivity contribution is -0.149. The highest BCUT2D eigenvalue weighted by Crippen LogP contribution is 2.68. The van der Waals surface area contributed by atoms with E-state index in [1.807, 2.05) is 0 Å². The maximum atomic E-state index is 13.4. The van der Waals surface area contributed by atoms with E-state index < -0.39 is 53.9 Å². The first-order valence-corrected chi connectivity index (χ1v) is 8.25. The Kier molecular flexibility index (Phi) is 4.24. The zero-order chi connectivity index (χ0) is 19.7. The molecule has 0 aromatic heterocycles. The minimum atomic E-state index is -4.53. The second kappa shape index (κ2) is 5.64. The van der Waals surface area contributed by atoms with Crippen molar-refractivity contribution in [2.24, 2.45) is 5.92 Å². The van der Waals surface area contributed by atoms with Crippen molar-refractivity contribution < 1.29 is 35.7 Å². The van der Waals surface area contributed by atoms with E-state index in [9.17, 15) is 26.3 Å². The molecule has 1 saturated carbocycles. The van der Waals surface area contributed by atoms with Gasteiger partial charge in [0.1, 0.15) is 0 Å². The molecule has 144 valence electrons. The molecule has 1 aliphatic carbocycles. The number of benzene rings is 1. The van der Waals surface area contributed by atoms with Crippen molar-refractivity contribution in [2.45, 2.75) is 63.0 Å². The molecule has 9 heteroatoms. The number of halogens is 6. The maximum absolute atomic E-state index is 13.4. The van der Waals surface area contributed by atoms with Crippen molar-refractivity contribution in [1.29, 1.82) is 0 Å². The minimum absolute atomic E-state index is 0.208. The molecule has 3 atom stereocenters. The third-order valence-electron chi connectivity index (χ3n) is 5.66. The van der Waals surface area contributed by atoms with E-state index in [-0.39, 0.29) is 5.56 Å². The van der Waals surface area contributed by atoms with Crippen LogP contribution in [0.1, 0.15) is 44.7 Å². The van der Waals surface area contributed by atoms with Crippen LogP contribution in [0.4, 0.5) is 26.3 Å². The van der Waals surface area contributed by atoms with Crippen molar-refractivity contribution in [1.82, 2.24) is 0 Å². The lowest BCUT2D eigenvalue weighted by Crippen LogP contribution is -2.41. The van der Waals surface area contributed by atoms with E-state index in [2.05, 4.69) is 0 Å². The normalized spacial score (nSPS) is 30.5. The summed E-state index contributed by atoms with van der Waals surface area (Å²) in [7, 11) is -1.06. The second-order valence-electron chi connectivity index (χ2n) is 7.92. The molecule has 1 aromatic rings. The van der Waals surface area contributed by atoms with Gasteiger partial charge >= 0.3 is 19.5 Å². The van der Waals surface area contributed by atoms with Crippen LogP contribution in [-0.2, 0) is 15.5 Å². The Morgan fingerprint density at radius 1 is 0.846 bits per heavy atom. The van der Waals surface area contributed by atoms with Gasteiger partial charge in [-0.1, -0.05) is 12.1 Å². The van der Waals surface area contributed by atoms with Crippen LogP contribution in [0, 0.1) is 5.92 Å². The third-order valence-corrected chi connectivity index (χ3v) is 5.66. The lowest BCUT2D eigenvalue weighted by Gasteiger charge is -2.32. The summed E-state index contributed by atoms with van der Waals surface area (Å²) in [4.78, 5) is 0. The van der Waals surface area contributed by atoms with Gasteiger partial charge in [0.25, 0.3) is 0 Å². The van der Waals surface area contributed by atoms with Crippen LogP contribution in [-0.4, -0.2) is 24.5 Å². The molecule has 1 aromatic carbocycles. The lowest BCUT2D eigenvalue weighted by atomic mass is 9.78. The smallest absolute Gasteiger partial charge is 0.403 e. The van der Waals surface area contributed by atoms with Crippen LogP contribution in [0.25, 0.3) is 0 Å². The van der Waals surface area contributed by atoms with E-state index in [0.29, 0.717) is 0 Å². The first-order valence-electron chi connectivity index (χ1n) is 8.25. The van der Waals surface area contributed by atoms with Gasteiger partial charge in [-0.3, -0.25) is 0 Å². The molecule has 0 amide bonds. The molecule has 1 aliphatic heterocycles. The maximum Gasteiger partial charge on any atom is 0.462 e. The number of hydrogen-bond acceptors (Lipinski definition) is 2. The topological polar surface area (TPSA) is 18.5 Å². The largest absolute Gasteiger partial charge is 0.462 e. The predicted molar refractivity (Wildman–Crippen MR) is 83.6 cm³/mol. The van der Waals surface area contributed by atoms with Gasteiger partial charge in [-0.2, -0.15) is 26.3 Å². The zero-order valence-corrected chi connectivity index (χ0v) is 14.7. The standard InChI is InChI=1S/C17H19BF6O2/c1-14(2)15(3,4)26-18(25-14)13-11(12(13)17(22,23)24)9-5-7-10(8-6-9)16(19,20)21/h5-8,11-13H,1-4H3/t11-,12+,13+/m1/s1. The summed E-state index contributed by atoms with van der Waals surface area (Å²) in [5.74, 6) is -3.66. The number of hydrogen-bond donors (Lipinski definition) is 0. The van der Waals surface area contributed by atoms with Crippen LogP contribution < -0.4 is 0 Å². The molecule has 26 heavy (non-hydrogen) atoms. The number of rotatable bonds is 2. The summed E-state index contributed by atoms with van der Waals surface area (Å²) in [5, 5.41) is 0. The summed E-state index contributed by atoms with van der Waals surface area (Å²) in [6, 6.07) is 3.83. The summed E-state index contributed by atoms with van der Waals surface area (Å²) in [6.07, 6.45) is -9.02. The zero-order valence-electron chi connectivity index (χ0n) is 14.7. The fourth-order valence-electron chi connectivity index (χ4n) is 3.46. The molecule has 3 rings (SSSR count). The van der Waals surface area contributed by atoms with Crippen molar-refractivity contribution in [2.75, 3.05) is 0 Å². The Hall–Kier alpha value is -1.22. The van der Waals surface area contributed by atoms with Crippen LogP contribution in [0.15, 0.2) is 24.3 Å². The molecule has 0 radical (unpaired) electrons. The molecular formula is C17H19BF6O2. The molecule has 0 N–H and O–H groups in total. The van der Waals surface area contributed by atoms with Crippen LogP contribution >= 0.6 is 0 Å². The van der Waals surface area contributed by atoms with E-state index in [1.165, 1.54) is 0 Å². The summed E-state index contributed by atoms with van der Waals surface area (Å²) >= 11 is 0. The fourth-order valence-corrected chi connectivity index (χ4v) is 3.46. The first-order chi connectivity index (χ1) is 11.7. The average molecular weight is 380 g/mol. The fraction of sp³-hybridized carbons (Fsp3) is 0.647. The molecule has 0 spiro atoms. The van der Waals surface area contributed by atoms with Gasteiger partial charge in [-0.25, -0.2) is 0 Å². The third kappa shape index (κ3) is 3.24. The molecule has 2 aliphatic rings. The van der Waals surface area contributed by atoms with Gasteiger partial charge in [0.2, 0.25) is 0 Å². The van der Waals surface area contributed by atoms with Gasteiger partial charge < -0.3 is 9.31 Å². The van der Waals surface area contributed by atoms with Crippen molar-refractivity contribution in [3.63, 3.8) is 0 Å². The Bertz CT molecular complexity index is 664. The van der Waals surface area contributed by atoms with Crippen molar-refractivity contribution >= 4 is 7.12 Å². The van der Waals surface area contributed by atoms with Crippen LogP contribution in [0.3, 0.4) is 0 Å². The molecule has 0 unspecified atom stereocenters. The molecular weight excluding hydrogens is 361 g/mol. The van der Waals surface area contributed by atoms with E-state index in [1.54, 1.807) is 27.7 Å². The average Bonchev–Trinajstić information content (AvgIpc) is 3.16. The molecule has 0 bridgehead atoms. The molecule has 1 saturated heterocycles. The quantitative estimate of drug-likeness (QED) is 0.502. The predicted octanol–water partition coefficient (Wildman–Crippen LogP) is 5.44. The highest BCUT2D eigenvalue weighted by molar-refractivity contribution is 6.49. The Labute approximate surface area is 148 Å². The van der Waals surface area contributed by atoms with Crippen LogP contribution in [0.5, 0.6) is 0 Å². The molecule has 2 fully saturated rings. The molecule has 1 heterocycles. The first kappa shape index (κ1) is 19.5. The van der Waals surface area contributed by atoms with E-state index in [0.717, 1.165) is 24.3 Å². The highest BCUT2D eigenvalue weighted by Gasteiger charge is 2.72. The van der Waals surface area contributed by atoms with Crippen LogP contribution in [0.2, 0.25) is 5.82 Å². The van der Waals surface area contributed by atoms with Crippen molar-refractivity contribution in [3.8, 4) is 0 Å². The van der Waals surface area contributed by atoms with Crippen molar-refractivity contribution in [3.05, 3.63) is 35.4 Å². The van der Waals surface area contributed by atoms with Gasteiger partial charge in [0.05, 0.1) is 22.7 Å². The SMILES string of the molecule is CC1(C)OB([C@H]2[C@H](c3ccc(C(F)(F)F)cc3)[C@@H]2C(F)(F)F)OC1(C)C. The van der Waals surface area contributed by atoms with Gasteiger partial charge in [-0.05, 0) is 51.3 Å². The monoisotopic (exact) mass is 380 g/mol. The summed E-state index contributed by atoms with van der Waals surface area (Å²) in [6.45, 7) is 6.96. The van der Waals surface area contributed by atoms with E-state index in [4.69, 9.17) is 9.31 Å².